The number of nitrogens with zero attached hydrogens (tertiary/aromatic N) is 5. The van der Waals surface area contributed by atoms with E-state index < -0.39 is 11.7 Å². The van der Waals surface area contributed by atoms with E-state index >= 15 is 0 Å². The standard InChI is InChI=1S/C23H22F3N7O2S/c1-34-35-36-33-12-10-32(11-13-33)20-14-19(28-22-16-7-3-5-9-18(16)30-31-22)27-21(29-20)15-6-2-4-8-17(15)23(24,25)26/h2-9,14H,10-13H2,1H3,(H2,27,28,29,30,31). The van der Waals surface area contributed by atoms with Crippen molar-refractivity contribution in [2.45, 2.75) is 6.18 Å². The Labute approximate surface area is 208 Å². The molecule has 1 aliphatic rings. The van der Waals surface area contributed by atoms with Crippen molar-refractivity contribution in [2.24, 2.45) is 0 Å². The summed E-state index contributed by atoms with van der Waals surface area (Å²) in [5, 5.41) is 11.2. The third-order valence-corrected chi connectivity index (χ3v) is 6.44. The predicted molar refractivity (Wildman–Crippen MR) is 131 cm³/mol. The Bertz CT molecular complexity index is 1340. The van der Waals surface area contributed by atoms with Crippen LogP contribution >= 0.6 is 12.2 Å². The van der Waals surface area contributed by atoms with Crippen molar-refractivity contribution in [3.05, 3.63) is 60.2 Å². The number of para-hydroxylation sites is 1. The van der Waals surface area contributed by atoms with Crippen molar-refractivity contribution >= 4 is 40.6 Å². The second kappa shape index (κ2) is 10.3. The van der Waals surface area contributed by atoms with E-state index in [4.69, 9.17) is 4.33 Å². The molecule has 13 heteroatoms. The zero-order valence-electron chi connectivity index (χ0n) is 19.1. The van der Waals surface area contributed by atoms with Gasteiger partial charge >= 0.3 is 6.18 Å². The van der Waals surface area contributed by atoms with Crippen molar-refractivity contribution in [3.8, 4) is 11.4 Å². The fourth-order valence-electron chi connectivity index (χ4n) is 3.95. The summed E-state index contributed by atoms with van der Waals surface area (Å²) in [6.07, 6.45) is -4.55. The summed E-state index contributed by atoms with van der Waals surface area (Å²) in [5.41, 5.74) is -0.0652. The molecule has 2 aromatic carbocycles. The lowest BCUT2D eigenvalue weighted by molar-refractivity contribution is -0.163. The summed E-state index contributed by atoms with van der Waals surface area (Å²) >= 11 is 1.11. The number of anilines is 3. The first-order valence-electron chi connectivity index (χ1n) is 11.1. The molecule has 1 aliphatic heterocycles. The molecule has 0 unspecified atom stereocenters. The van der Waals surface area contributed by atoms with Crippen molar-refractivity contribution in [2.75, 3.05) is 43.5 Å². The molecule has 5 rings (SSSR count). The molecule has 1 saturated heterocycles. The number of H-pyrrole nitrogens is 1. The molecule has 0 radical (unpaired) electrons. The highest BCUT2D eigenvalue weighted by Gasteiger charge is 2.34. The molecule has 188 valence electrons. The van der Waals surface area contributed by atoms with Crippen LogP contribution in [-0.4, -0.2) is 57.8 Å². The Morgan fingerprint density at radius 3 is 2.53 bits per heavy atom. The maximum Gasteiger partial charge on any atom is 0.417 e. The number of benzene rings is 2. The fourth-order valence-corrected chi connectivity index (χ4v) is 4.41. The Hall–Kier alpha value is -3.39. The van der Waals surface area contributed by atoms with Gasteiger partial charge in [0.05, 0.1) is 18.2 Å². The molecule has 2 aromatic heterocycles. The van der Waals surface area contributed by atoms with Gasteiger partial charge in [0, 0.05) is 43.2 Å². The smallest absolute Gasteiger partial charge is 0.354 e. The van der Waals surface area contributed by atoms with Crippen LogP contribution in [0.4, 0.5) is 30.6 Å². The van der Waals surface area contributed by atoms with Gasteiger partial charge in [0.15, 0.2) is 11.6 Å². The summed E-state index contributed by atoms with van der Waals surface area (Å²) in [7, 11) is 1.43. The number of hydrogen-bond donors (Lipinski definition) is 2. The highest BCUT2D eigenvalue weighted by Crippen LogP contribution is 2.37. The molecule has 0 aliphatic carbocycles. The number of piperazine rings is 1. The average Bonchev–Trinajstić information content (AvgIpc) is 3.30. The average molecular weight is 518 g/mol. The van der Waals surface area contributed by atoms with E-state index in [1.165, 1.54) is 19.2 Å². The van der Waals surface area contributed by atoms with Crippen LogP contribution in [0.15, 0.2) is 54.6 Å². The van der Waals surface area contributed by atoms with Crippen molar-refractivity contribution < 1.29 is 22.4 Å². The molecule has 0 spiro atoms. The van der Waals surface area contributed by atoms with Gasteiger partial charge in [-0.25, -0.2) is 19.2 Å². The number of alkyl halides is 3. The van der Waals surface area contributed by atoms with Gasteiger partial charge in [-0.05, 0) is 18.2 Å². The topological polar surface area (TPSA) is 91.4 Å². The van der Waals surface area contributed by atoms with Crippen LogP contribution in [0.1, 0.15) is 5.56 Å². The lowest BCUT2D eigenvalue weighted by atomic mass is 10.1. The number of fused-ring (bicyclic) bond motifs is 1. The second-order valence-corrected chi connectivity index (χ2v) is 8.75. The largest absolute Gasteiger partial charge is 0.417 e. The molecule has 36 heavy (non-hydrogen) atoms. The zero-order valence-corrected chi connectivity index (χ0v) is 19.9. The fraction of sp³-hybridized carbons (Fsp3) is 0.261. The Balaban J connectivity index is 1.52. The van der Waals surface area contributed by atoms with E-state index in [9.17, 15) is 13.2 Å². The van der Waals surface area contributed by atoms with E-state index in [0.717, 1.165) is 29.2 Å². The van der Waals surface area contributed by atoms with E-state index in [-0.39, 0.29) is 11.4 Å². The van der Waals surface area contributed by atoms with Crippen LogP contribution in [0.3, 0.4) is 0 Å². The second-order valence-electron chi connectivity index (χ2n) is 7.95. The van der Waals surface area contributed by atoms with Gasteiger partial charge in [0.25, 0.3) is 0 Å². The predicted octanol–water partition coefficient (Wildman–Crippen LogP) is 5.05. The number of nitrogens with one attached hydrogen (secondary N) is 2. The van der Waals surface area contributed by atoms with Gasteiger partial charge in [-0.15, -0.1) is 4.33 Å². The summed E-state index contributed by atoms with van der Waals surface area (Å²) in [5.74, 6) is 1.34. The number of rotatable bonds is 7. The van der Waals surface area contributed by atoms with Crippen LogP contribution in [0.2, 0.25) is 0 Å². The van der Waals surface area contributed by atoms with Crippen molar-refractivity contribution in [3.63, 3.8) is 0 Å². The minimum absolute atomic E-state index is 0.0257. The molecule has 3 heterocycles. The lowest BCUT2D eigenvalue weighted by Gasteiger charge is -2.33. The molecule has 9 nitrogen and oxygen atoms in total. The maximum absolute atomic E-state index is 13.8. The molecule has 0 bridgehead atoms. The molecule has 0 amide bonds. The van der Waals surface area contributed by atoms with Gasteiger partial charge < -0.3 is 10.2 Å². The van der Waals surface area contributed by atoms with E-state index in [1.807, 2.05) is 33.5 Å². The zero-order chi connectivity index (χ0) is 25.1. The third kappa shape index (κ3) is 5.23. The first-order valence-corrected chi connectivity index (χ1v) is 11.8. The molecule has 0 saturated carbocycles. The number of aromatic nitrogens is 4. The van der Waals surface area contributed by atoms with Gasteiger partial charge in [-0.3, -0.25) is 5.10 Å². The lowest BCUT2D eigenvalue weighted by Crippen LogP contribution is -2.44. The van der Waals surface area contributed by atoms with E-state index in [0.29, 0.717) is 43.6 Å². The summed E-state index contributed by atoms with van der Waals surface area (Å²) in [6.45, 7) is 2.45. The normalized spacial score (nSPS) is 14.9. The summed E-state index contributed by atoms with van der Waals surface area (Å²) in [4.78, 5) is 15.6. The minimum atomic E-state index is -4.55. The van der Waals surface area contributed by atoms with Crippen LogP contribution in [-0.2, 0) is 15.4 Å². The van der Waals surface area contributed by atoms with E-state index in [1.54, 1.807) is 12.1 Å². The van der Waals surface area contributed by atoms with Crippen LogP contribution in [0.25, 0.3) is 22.3 Å². The molecule has 1 fully saturated rings. The first kappa shape index (κ1) is 24.3. The van der Waals surface area contributed by atoms with Crippen molar-refractivity contribution in [1.29, 1.82) is 0 Å². The highest BCUT2D eigenvalue weighted by molar-refractivity contribution is 7.92. The third-order valence-electron chi connectivity index (χ3n) is 5.67. The molecule has 0 atom stereocenters. The quantitative estimate of drug-likeness (QED) is 0.151. The first-order chi connectivity index (χ1) is 17.4. The van der Waals surface area contributed by atoms with Gasteiger partial charge in [0.2, 0.25) is 0 Å². The monoisotopic (exact) mass is 517 g/mol. The minimum Gasteiger partial charge on any atom is -0.354 e. The number of aromatic amines is 1. The summed E-state index contributed by atoms with van der Waals surface area (Å²) < 4.78 is 48.3. The van der Waals surface area contributed by atoms with Crippen LogP contribution in [0, 0.1) is 0 Å². The maximum atomic E-state index is 13.8. The van der Waals surface area contributed by atoms with Crippen molar-refractivity contribution in [1.82, 2.24) is 24.5 Å². The SMILES string of the molecule is COOSN1CCN(c2cc(Nc3n[nH]c4ccccc34)nc(-c3ccccc3C(F)(F)F)n2)CC1. The number of halogens is 3. The Morgan fingerprint density at radius 2 is 1.75 bits per heavy atom. The molecular weight excluding hydrogens is 495 g/mol. The molecular formula is C23H22F3N7O2S. The van der Waals surface area contributed by atoms with E-state index in [2.05, 4.69) is 30.4 Å². The molecule has 4 aromatic rings. The highest BCUT2D eigenvalue weighted by atomic mass is 32.2. The summed E-state index contributed by atoms with van der Waals surface area (Å²) in [6, 6.07) is 14.6. The number of hydrogen-bond acceptors (Lipinski definition) is 9. The van der Waals surface area contributed by atoms with Crippen LogP contribution in [0.5, 0.6) is 0 Å². The van der Waals surface area contributed by atoms with Gasteiger partial charge in [-0.1, -0.05) is 30.3 Å². The molecule has 2 N–H and O–H groups in total. The van der Waals surface area contributed by atoms with Gasteiger partial charge in [0.1, 0.15) is 23.9 Å². The Morgan fingerprint density at radius 1 is 1.00 bits per heavy atom. The van der Waals surface area contributed by atoms with Crippen LogP contribution < -0.4 is 10.2 Å². The Kier molecular flexibility index (Phi) is 6.96. The van der Waals surface area contributed by atoms with Gasteiger partial charge in [-0.2, -0.15) is 18.3 Å².